The van der Waals surface area contributed by atoms with Crippen LogP contribution in [0.1, 0.15) is 12.1 Å². The number of imidazole rings is 1. The molecule has 0 spiro atoms. The third kappa shape index (κ3) is 3.44. The van der Waals surface area contributed by atoms with E-state index in [-0.39, 0.29) is 5.82 Å². The monoisotopic (exact) mass is 373 g/mol. The quantitative estimate of drug-likeness (QED) is 0.761. The number of hydrogen-bond donors (Lipinski definition) is 1. The Labute approximate surface area is 155 Å². The van der Waals surface area contributed by atoms with Gasteiger partial charge in [-0.05, 0) is 30.7 Å². The van der Waals surface area contributed by atoms with Gasteiger partial charge in [-0.15, -0.1) is 0 Å². The number of benzene rings is 1. The van der Waals surface area contributed by atoms with Crippen LogP contribution in [-0.4, -0.2) is 46.9 Å². The number of pyridine rings is 1. The lowest BCUT2D eigenvalue weighted by molar-refractivity contribution is 0.243. The molecule has 0 aliphatic carbocycles. The molecule has 1 aromatic carbocycles. The van der Waals surface area contributed by atoms with Crippen molar-refractivity contribution >= 4 is 17.0 Å². The van der Waals surface area contributed by atoms with Gasteiger partial charge in [0.2, 0.25) is 5.95 Å². The Morgan fingerprint density at radius 1 is 1.30 bits per heavy atom. The lowest BCUT2D eigenvalue weighted by atomic mass is 10.1. The van der Waals surface area contributed by atoms with Crippen molar-refractivity contribution in [2.45, 2.75) is 25.2 Å². The summed E-state index contributed by atoms with van der Waals surface area (Å²) in [5.41, 5.74) is 8.01. The van der Waals surface area contributed by atoms with Crippen molar-refractivity contribution in [2.24, 2.45) is 5.73 Å². The van der Waals surface area contributed by atoms with Crippen molar-refractivity contribution < 1.29 is 13.5 Å². The summed E-state index contributed by atoms with van der Waals surface area (Å²) in [6.07, 6.45) is 0.991. The Morgan fingerprint density at radius 3 is 2.93 bits per heavy atom. The summed E-state index contributed by atoms with van der Waals surface area (Å²) in [5.74, 6) is 0.993. The van der Waals surface area contributed by atoms with Crippen molar-refractivity contribution in [1.29, 1.82) is 0 Å². The third-order valence-electron chi connectivity index (χ3n) is 4.89. The summed E-state index contributed by atoms with van der Waals surface area (Å²) in [4.78, 5) is 11.0. The number of halogens is 2. The van der Waals surface area contributed by atoms with Crippen LogP contribution in [0.3, 0.4) is 0 Å². The molecule has 27 heavy (non-hydrogen) atoms. The fourth-order valence-electron chi connectivity index (χ4n) is 3.45. The summed E-state index contributed by atoms with van der Waals surface area (Å²) >= 11 is 0. The van der Waals surface area contributed by atoms with E-state index in [1.165, 1.54) is 12.1 Å². The summed E-state index contributed by atoms with van der Waals surface area (Å²) in [6, 6.07) is 7.50. The molecule has 2 N–H and O–H groups in total. The maximum atomic E-state index is 13.9. The van der Waals surface area contributed by atoms with Crippen molar-refractivity contribution in [3.8, 4) is 5.75 Å². The van der Waals surface area contributed by atoms with Gasteiger partial charge in [0.25, 0.3) is 0 Å². The SMILES string of the molecule is COc1ccnc(Cn2c(N3CCC(F)[C@H](N)C3)nc3ccc(F)cc32)c1. The Hall–Kier alpha value is -2.74. The average Bonchev–Trinajstić information content (AvgIpc) is 3.02. The molecule has 1 saturated heterocycles. The zero-order valence-electron chi connectivity index (χ0n) is 15.0. The Kier molecular flexibility index (Phi) is 4.65. The lowest BCUT2D eigenvalue weighted by Gasteiger charge is -2.34. The van der Waals surface area contributed by atoms with Crippen molar-refractivity contribution in [3.63, 3.8) is 0 Å². The standard InChI is InChI=1S/C19H21F2N5O/c1-27-14-4-6-23-13(9-14)10-26-18-8-12(20)2-3-17(18)24-19(26)25-7-5-15(21)16(22)11-25/h2-4,6,8-9,15-16H,5,7,10-11,22H2,1H3/t15?,16-/m1/s1. The van der Waals surface area contributed by atoms with Crippen LogP contribution in [0.5, 0.6) is 5.75 Å². The molecule has 1 fully saturated rings. The van der Waals surface area contributed by atoms with Crippen LogP contribution in [0, 0.1) is 5.82 Å². The molecule has 0 radical (unpaired) electrons. The van der Waals surface area contributed by atoms with Gasteiger partial charge in [0.1, 0.15) is 17.7 Å². The van der Waals surface area contributed by atoms with Crippen LogP contribution in [0.25, 0.3) is 11.0 Å². The topological polar surface area (TPSA) is 69.2 Å². The van der Waals surface area contributed by atoms with Crippen LogP contribution in [0.15, 0.2) is 36.5 Å². The number of rotatable bonds is 4. The van der Waals surface area contributed by atoms with Crippen molar-refractivity contribution in [3.05, 3.63) is 48.0 Å². The molecule has 3 aromatic rings. The number of anilines is 1. The van der Waals surface area contributed by atoms with Crippen molar-refractivity contribution in [1.82, 2.24) is 14.5 Å². The van der Waals surface area contributed by atoms with Gasteiger partial charge in [-0.2, -0.15) is 0 Å². The summed E-state index contributed by atoms with van der Waals surface area (Å²) in [6.45, 7) is 1.25. The van der Waals surface area contributed by atoms with Crippen LogP contribution in [0.2, 0.25) is 0 Å². The minimum atomic E-state index is -1.02. The smallest absolute Gasteiger partial charge is 0.206 e. The van der Waals surface area contributed by atoms with E-state index >= 15 is 0 Å². The van der Waals surface area contributed by atoms with Crippen LogP contribution in [0.4, 0.5) is 14.7 Å². The zero-order valence-corrected chi connectivity index (χ0v) is 15.0. The van der Waals surface area contributed by atoms with Crippen LogP contribution < -0.4 is 15.4 Å². The highest BCUT2D eigenvalue weighted by Gasteiger charge is 2.29. The van der Waals surface area contributed by atoms with Crippen LogP contribution in [-0.2, 0) is 6.54 Å². The second-order valence-corrected chi connectivity index (χ2v) is 6.73. The second-order valence-electron chi connectivity index (χ2n) is 6.73. The van der Waals surface area contributed by atoms with E-state index in [0.717, 1.165) is 5.69 Å². The van der Waals surface area contributed by atoms with Gasteiger partial charge < -0.3 is 19.9 Å². The van der Waals surface area contributed by atoms with Gasteiger partial charge >= 0.3 is 0 Å². The van der Waals surface area contributed by atoms with E-state index in [9.17, 15) is 8.78 Å². The normalized spacial score (nSPS) is 20.2. The van der Waals surface area contributed by atoms with Gasteiger partial charge in [0.15, 0.2) is 0 Å². The van der Waals surface area contributed by atoms with Gasteiger partial charge in [-0.25, -0.2) is 13.8 Å². The molecule has 2 aromatic heterocycles. The fourth-order valence-corrected chi connectivity index (χ4v) is 3.45. The lowest BCUT2D eigenvalue weighted by Crippen LogP contribution is -2.50. The molecule has 1 aliphatic heterocycles. The first-order chi connectivity index (χ1) is 13.0. The number of methoxy groups -OCH3 is 1. The van der Waals surface area contributed by atoms with E-state index in [2.05, 4.69) is 9.97 Å². The predicted molar refractivity (Wildman–Crippen MR) is 99.3 cm³/mol. The number of aromatic nitrogens is 3. The molecule has 6 nitrogen and oxygen atoms in total. The molecule has 8 heteroatoms. The third-order valence-corrected chi connectivity index (χ3v) is 4.89. The molecule has 1 aliphatic rings. The highest BCUT2D eigenvalue weighted by Crippen LogP contribution is 2.27. The Morgan fingerprint density at radius 2 is 2.15 bits per heavy atom. The average molecular weight is 373 g/mol. The largest absolute Gasteiger partial charge is 0.497 e. The van der Waals surface area contributed by atoms with Gasteiger partial charge in [0.05, 0.1) is 36.4 Å². The Bertz CT molecular complexity index is 960. The molecule has 1 unspecified atom stereocenters. The van der Waals surface area contributed by atoms with Gasteiger partial charge in [-0.1, -0.05) is 0 Å². The number of fused-ring (bicyclic) bond motifs is 1. The van der Waals surface area contributed by atoms with Crippen molar-refractivity contribution in [2.75, 3.05) is 25.1 Å². The first kappa shape index (κ1) is 17.7. The number of hydrogen-bond acceptors (Lipinski definition) is 5. The molecule has 142 valence electrons. The minimum absolute atomic E-state index is 0.340. The first-order valence-electron chi connectivity index (χ1n) is 8.84. The van der Waals surface area contributed by atoms with E-state index < -0.39 is 12.2 Å². The minimum Gasteiger partial charge on any atom is -0.497 e. The maximum Gasteiger partial charge on any atom is 0.206 e. The van der Waals surface area contributed by atoms with E-state index in [0.29, 0.717) is 48.8 Å². The molecular weight excluding hydrogens is 352 g/mol. The van der Waals surface area contributed by atoms with Gasteiger partial charge in [0, 0.05) is 25.4 Å². The summed E-state index contributed by atoms with van der Waals surface area (Å²) < 4.78 is 34.8. The molecule has 3 heterocycles. The molecular formula is C19H21F2N5O. The zero-order chi connectivity index (χ0) is 19.0. The van der Waals surface area contributed by atoms with E-state index in [4.69, 9.17) is 10.5 Å². The molecule has 0 saturated carbocycles. The number of alkyl halides is 1. The maximum absolute atomic E-state index is 13.9. The molecule has 4 rings (SSSR count). The number of ether oxygens (including phenoxy) is 1. The predicted octanol–water partition coefficient (Wildman–Crippen LogP) is 2.50. The number of nitrogens with zero attached hydrogens (tertiary/aromatic N) is 4. The highest BCUT2D eigenvalue weighted by atomic mass is 19.1. The Balaban J connectivity index is 1.77. The summed E-state index contributed by atoms with van der Waals surface area (Å²) in [5, 5.41) is 0. The number of piperidine rings is 1. The fraction of sp³-hybridized carbons (Fsp3) is 0.368. The van der Waals surface area contributed by atoms with E-state index in [1.54, 1.807) is 25.4 Å². The summed E-state index contributed by atoms with van der Waals surface area (Å²) in [7, 11) is 1.59. The van der Waals surface area contributed by atoms with Crippen LogP contribution >= 0.6 is 0 Å². The molecule has 0 bridgehead atoms. The number of nitrogens with two attached hydrogens (primary N) is 1. The second kappa shape index (κ2) is 7.11. The van der Waals surface area contributed by atoms with Gasteiger partial charge in [-0.3, -0.25) is 4.98 Å². The molecule has 0 amide bonds. The first-order valence-corrected chi connectivity index (χ1v) is 8.84. The molecule has 2 atom stereocenters. The van der Waals surface area contributed by atoms with E-state index in [1.807, 2.05) is 15.5 Å². The highest BCUT2D eigenvalue weighted by molar-refractivity contribution is 5.79.